The van der Waals surface area contributed by atoms with Gasteiger partial charge in [-0.3, -0.25) is 0 Å². The van der Waals surface area contributed by atoms with Gasteiger partial charge >= 0.3 is 0 Å². The highest BCUT2D eigenvalue weighted by Gasteiger charge is 2.13. The van der Waals surface area contributed by atoms with Crippen LogP contribution < -0.4 is 5.73 Å². The lowest BCUT2D eigenvalue weighted by Gasteiger charge is -2.08. The maximum Gasteiger partial charge on any atom is 0.165 e. The van der Waals surface area contributed by atoms with Gasteiger partial charge < -0.3 is 25.6 Å². The summed E-state index contributed by atoms with van der Waals surface area (Å²) < 4.78 is 1.63. The largest absolute Gasteiger partial charge is 0.508 e. The number of fused-ring (bicyclic) bond motifs is 1. The van der Waals surface area contributed by atoms with E-state index in [-0.39, 0.29) is 23.9 Å². The van der Waals surface area contributed by atoms with E-state index in [9.17, 15) is 15.3 Å². The predicted molar refractivity (Wildman–Crippen MR) is 70.3 cm³/mol. The van der Waals surface area contributed by atoms with Crippen molar-refractivity contribution in [1.82, 2.24) is 19.5 Å². The number of nitrogens with two attached hydrogens (primary N) is 1. The molecule has 0 spiro atoms. The summed E-state index contributed by atoms with van der Waals surface area (Å²) in [5.41, 5.74) is 6.97. The Balaban J connectivity index is 2.08. The average Bonchev–Trinajstić information content (AvgIpc) is 2.80. The van der Waals surface area contributed by atoms with Crippen LogP contribution in [0.1, 0.15) is 5.56 Å². The lowest BCUT2D eigenvalue weighted by Crippen LogP contribution is -2.01. The van der Waals surface area contributed by atoms with E-state index in [1.807, 2.05) is 0 Å². The zero-order valence-corrected chi connectivity index (χ0v) is 10.2. The highest BCUT2D eigenvalue weighted by molar-refractivity contribution is 5.81. The third kappa shape index (κ3) is 1.83. The fourth-order valence-corrected chi connectivity index (χ4v) is 1.98. The van der Waals surface area contributed by atoms with E-state index >= 15 is 0 Å². The zero-order chi connectivity index (χ0) is 14.3. The van der Waals surface area contributed by atoms with E-state index in [2.05, 4.69) is 15.0 Å². The number of nitrogen functional groups attached to an aromatic ring is 1. The van der Waals surface area contributed by atoms with Crippen molar-refractivity contribution in [3.05, 3.63) is 30.4 Å². The Bertz CT molecular complexity index is 799. The minimum Gasteiger partial charge on any atom is -0.508 e. The Morgan fingerprint density at radius 2 is 1.90 bits per heavy atom. The Morgan fingerprint density at radius 3 is 2.70 bits per heavy atom. The van der Waals surface area contributed by atoms with Crippen LogP contribution in [0.4, 0.5) is 5.82 Å². The number of nitrogens with zero attached hydrogens (tertiary/aromatic N) is 4. The lowest BCUT2D eigenvalue weighted by molar-refractivity contribution is 0.391. The first-order valence-corrected chi connectivity index (χ1v) is 5.71. The molecule has 2 heterocycles. The van der Waals surface area contributed by atoms with E-state index in [0.717, 1.165) is 6.07 Å². The third-order valence-electron chi connectivity index (χ3n) is 2.92. The molecule has 0 atom stereocenters. The van der Waals surface area contributed by atoms with Crippen molar-refractivity contribution < 1.29 is 15.3 Å². The fraction of sp³-hybridized carbons (Fsp3) is 0.0833. The van der Waals surface area contributed by atoms with Crippen LogP contribution in [0.2, 0.25) is 0 Å². The molecule has 0 aliphatic rings. The molecule has 0 bridgehead atoms. The van der Waals surface area contributed by atoms with Gasteiger partial charge in [0.1, 0.15) is 17.6 Å². The molecule has 3 aromatic rings. The summed E-state index contributed by atoms with van der Waals surface area (Å²) in [6.45, 7) is 0.167. The Labute approximate surface area is 112 Å². The van der Waals surface area contributed by atoms with Crippen molar-refractivity contribution in [2.45, 2.75) is 6.54 Å². The molecule has 102 valence electrons. The summed E-state index contributed by atoms with van der Waals surface area (Å²) >= 11 is 0. The number of rotatable bonds is 2. The summed E-state index contributed by atoms with van der Waals surface area (Å²) in [4.78, 5) is 12.0. The predicted octanol–water partition coefficient (Wildman–Crippen LogP) is 0.574. The molecule has 20 heavy (non-hydrogen) atoms. The highest BCUT2D eigenvalue weighted by atomic mass is 16.3. The fourth-order valence-electron chi connectivity index (χ4n) is 1.98. The number of aromatic hydroxyl groups is 3. The van der Waals surface area contributed by atoms with Gasteiger partial charge in [0.15, 0.2) is 23.0 Å². The number of phenols is 3. The molecule has 1 aromatic carbocycles. The van der Waals surface area contributed by atoms with Crippen molar-refractivity contribution in [3.8, 4) is 17.2 Å². The van der Waals surface area contributed by atoms with Gasteiger partial charge in [0, 0.05) is 11.6 Å². The Hall–Kier alpha value is -3.03. The molecule has 0 unspecified atom stereocenters. The summed E-state index contributed by atoms with van der Waals surface area (Å²) in [7, 11) is 0. The van der Waals surface area contributed by atoms with Crippen LogP contribution >= 0.6 is 0 Å². The molecule has 8 nitrogen and oxygen atoms in total. The van der Waals surface area contributed by atoms with Gasteiger partial charge in [0.05, 0.1) is 12.9 Å². The standard InChI is InChI=1S/C12H11N5O3/c13-11-9-12(15-4-14-11)17(5-16-9)3-6-1-7(18)2-8(19)10(6)20/h1-2,4-5,18-20H,3H2,(H2,13,14,15). The van der Waals surface area contributed by atoms with Gasteiger partial charge in [-0.2, -0.15) is 0 Å². The second-order valence-electron chi connectivity index (χ2n) is 4.28. The summed E-state index contributed by atoms with van der Waals surface area (Å²) in [6, 6.07) is 2.41. The number of hydrogen-bond donors (Lipinski definition) is 4. The number of anilines is 1. The molecule has 0 amide bonds. The average molecular weight is 273 g/mol. The Morgan fingerprint density at radius 1 is 1.10 bits per heavy atom. The van der Waals surface area contributed by atoms with E-state index in [1.165, 1.54) is 18.7 Å². The first kappa shape index (κ1) is 12.0. The van der Waals surface area contributed by atoms with Crippen LogP contribution in [0, 0.1) is 0 Å². The molecule has 0 aliphatic heterocycles. The van der Waals surface area contributed by atoms with Gasteiger partial charge in [-0.05, 0) is 6.07 Å². The molecule has 5 N–H and O–H groups in total. The molecule has 0 saturated carbocycles. The second kappa shape index (κ2) is 4.26. The molecule has 0 fully saturated rings. The van der Waals surface area contributed by atoms with Crippen LogP contribution in [0.25, 0.3) is 11.2 Å². The number of aromatic nitrogens is 4. The van der Waals surface area contributed by atoms with Crippen LogP contribution in [0.5, 0.6) is 17.2 Å². The molecule has 0 saturated heterocycles. The molecular formula is C12H11N5O3. The van der Waals surface area contributed by atoms with Crippen LogP contribution in [-0.4, -0.2) is 34.8 Å². The SMILES string of the molecule is Nc1ncnc2c1ncn2Cc1cc(O)cc(O)c1O. The van der Waals surface area contributed by atoms with Crippen molar-refractivity contribution in [1.29, 1.82) is 0 Å². The van der Waals surface area contributed by atoms with Gasteiger partial charge in [0.25, 0.3) is 0 Å². The van der Waals surface area contributed by atoms with E-state index in [0.29, 0.717) is 16.7 Å². The van der Waals surface area contributed by atoms with Gasteiger partial charge in [-0.15, -0.1) is 0 Å². The first-order chi connectivity index (χ1) is 9.56. The molecule has 2 aromatic heterocycles. The maximum absolute atomic E-state index is 9.80. The molecule has 0 radical (unpaired) electrons. The van der Waals surface area contributed by atoms with Crippen LogP contribution in [-0.2, 0) is 6.54 Å². The number of hydrogen-bond acceptors (Lipinski definition) is 7. The van der Waals surface area contributed by atoms with E-state index in [1.54, 1.807) is 4.57 Å². The quantitative estimate of drug-likeness (QED) is 0.396. The lowest BCUT2D eigenvalue weighted by atomic mass is 10.1. The highest BCUT2D eigenvalue weighted by Crippen LogP contribution is 2.34. The topological polar surface area (TPSA) is 130 Å². The van der Waals surface area contributed by atoms with E-state index < -0.39 is 5.75 Å². The molecule has 8 heteroatoms. The maximum atomic E-state index is 9.80. The monoisotopic (exact) mass is 273 g/mol. The van der Waals surface area contributed by atoms with Crippen LogP contribution in [0.15, 0.2) is 24.8 Å². The normalized spacial score (nSPS) is 11.0. The van der Waals surface area contributed by atoms with Crippen molar-refractivity contribution >= 4 is 17.0 Å². The first-order valence-electron chi connectivity index (χ1n) is 5.71. The van der Waals surface area contributed by atoms with Crippen molar-refractivity contribution in [2.75, 3.05) is 5.73 Å². The number of imidazole rings is 1. The minimum absolute atomic E-state index is 0.145. The summed E-state index contributed by atoms with van der Waals surface area (Å²) in [6.07, 6.45) is 2.81. The van der Waals surface area contributed by atoms with Crippen LogP contribution in [0.3, 0.4) is 0 Å². The van der Waals surface area contributed by atoms with Crippen molar-refractivity contribution in [2.24, 2.45) is 0 Å². The summed E-state index contributed by atoms with van der Waals surface area (Å²) in [5.74, 6) is -0.573. The zero-order valence-electron chi connectivity index (χ0n) is 10.2. The van der Waals surface area contributed by atoms with E-state index in [4.69, 9.17) is 5.73 Å². The van der Waals surface area contributed by atoms with Gasteiger partial charge in [-0.25, -0.2) is 15.0 Å². The molecule has 0 aliphatic carbocycles. The van der Waals surface area contributed by atoms with Crippen molar-refractivity contribution in [3.63, 3.8) is 0 Å². The smallest absolute Gasteiger partial charge is 0.165 e. The molecular weight excluding hydrogens is 262 g/mol. The number of phenolic OH excluding ortho intramolecular Hbond substituents is 3. The van der Waals surface area contributed by atoms with Gasteiger partial charge in [0.2, 0.25) is 0 Å². The molecule has 3 rings (SSSR count). The minimum atomic E-state index is -0.390. The summed E-state index contributed by atoms with van der Waals surface area (Å²) in [5, 5.41) is 28.7. The van der Waals surface area contributed by atoms with Gasteiger partial charge in [-0.1, -0.05) is 0 Å². The second-order valence-corrected chi connectivity index (χ2v) is 4.28. The third-order valence-corrected chi connectivity index (χ3v) is 2.92. The Kier molecular flexibility index (Phi) is 2.56. The number of benzene rings is 1.